The van der Waals surface area contributed by atoms with Crippen molar-refractivity contribution in [3.63, 3.8) is 0 Å². The van der Waals surface area contributed by atoms with Crippen LogP contribution < -0.4 is 0 Å². The molecule has 164 valence electrons. The SMILES string of the molecule is CCCCCCCCCC(O)CC(CCCCCC)CCCCCCCC. The van der Waals surface area contributed by atoms with Crippen LogP contribution in [0.25, 0.3) is 0 Å². The van der Waals surface area contributed by atoms with Gasteiger partial charge in [0.2, 0.25) is 0 Å². The summed E-state index contributed by atoms with van der Waals surface area (Å²) in [5, 5.41) is 10.5. The fourth-order valence-corrected chi connectivity index (χ4v) is 4.29. The predicted octanol–water partition coefficient (Wildman–Crippen LogP) is 9.22. The van der Waals surface area contributed by atoms with Crippen LogP contribution in [0.4, 0.5) is 0 Å². The van der Waals surface area contributed by atoms with Gasteiger partial charge in [-0.05, 0) is 18.8 Å². The third kappa shape index (κ3) is 20.5. The smallest absolute Gasteiger partial charge is 0.0542 e. The Labute approximate surface area is 173 Å². The van der Waals surface area contributed by atoms with E-state index in [1.165, 1.54) is 122 Å². The van der Waals surface area contributed by atoms with Crippen LogP contribution in [0.1, 0.15) is 156 Å². The second-order valence-corrected chi connectivity index (χ2v) is 9.07. The van der Waals surface area contributed by atoms with Crippen LogP contribution in [0.15, 0.2) is 0 Å². The van der Waals surface area contributed by atoms with Crippen molar-refractivity contribution in [1.82, 2.24) is 0 Å². The zero-order valence-electron chi connectivity index (χ0n) is 19.5. The van der Waals surface area contributed by atoms with Crippen LogP contribution in [-0.4, -0.2) is 11.2 Å². The average Bonchev–Trinajstić information content (AvgIpc) is 2.67. The molecule has 0 saturated carbocycles. The van der Waals surface area contributed by atoms with Gasteiger partial charge in [-0.3, -0.25) is 0 Å². The molecule has 0 spiro atoms. The van der Waals surface area contributed by atoms with E-state index in [1.807, 2.05) is 0 Å². The normalized spacial score (nSPS) is 13.8. The highest BCUT2D eigenvalue weighted by atomic mass is 16.3. The standard InChI is InChI=1S/C26H54O/c1-4-7-10-13-15-17-20-23-26(27)24-25(21-18-12-9-6-3)22-19-16-14-11-8-5-2/h25-27H,4-24H2,1-3H3. The molecule has 0 bridgehead atoms. The zero-order valence-corrected chi connectivity index (χ0v) is 19.5. The van der Waals surface area contributed by atoms with Gasteiger partial charge in [0.15, 0.2) is 0 Å². The Hall–Kier alpha value is -0.0400. The molecule has 0 aliphatic heterocycles. The molecule has 0 amide bonds. The van der Waals surface area contributed by atoms with Crippen molar-refractivity contribution in [3.8, 4) is 0 Å². The van der Waals surface area contributed by atoms with Crippen LogP contribution in [0.3, 0.4) is 0 Å². The Morgan fingerprint density at radius 1 is 0.444 bits per heavy atom. The zero-order chi connectivity index (χ0) is 20.0. The summed E-state index contributed by atoms with van der Waals surface area (Å²) in [6, 6.07) is 0. The summed E-state index contributed by atoms with van der Waals surface area (Å²) < 4.78 is 0. The van der Waals surface area contributed by atoms with E-state index in [9.17, 15) is 5.11 Å². The van der Waals surface area contributed by atoms with Gasteiger partial charge in [-0.25, -0.2) is 0 Å². The lowest BCUT2D eigenvalue weighted by atomic mass is 9.88. The van der Waals surface area contributed by atoms with Gasteiger partial charge in [0.1, 0.15) is 0 Å². The highest BCUT2D eigenvalue weighted by molar-refractivity contribution is 4.67. The van der Waals surface area contributed by atoms with E-state index in [4.69, 9.17) is 0 Å². The molecule has 0 aromatic rings. The molecule has 0 saturated heterocycles. The minimum atomic E-state index is -0.0445. The highest BCUT2D eigenvalue weighted by Gasteiger charge is 2.14. The van der Waals surface area contributed by atoms with Gasteiger partial charge in [0, 0.05) is 0 Å². The maximum Gasteiger partial charge on any atom is 0.0542 e. The Bertz CT molecular complexity index is 263. The molecule has 1 heteroatoms. The van der Waals surface area contributed by atoms with E-state index >= 15 is 0 Å². The van der Waals surface area contributed by atoms with Crippen LogP contribution in [0.2, 0.25) is 0 Å². The Morgan fingerprint density at radius 2 is 0.778 bits per heavy atom. The first-order chi connectivity index (χ1) is 13.2. The van der Waals surface area contributed by atoms with Crippen molar-refractivity contribution < 1.29 is 5.11 Å². The molecule has 0 aromatic carbocycles. The topological polar surface area (TPSA) is 20.2 Å². The Kier molecular flexibility index (Phi) is 22.2. The molecular weight excluding hydrogens is 328 g/mol. The molecule has 2 atom stereocenters. The van der Waals surface area contributed by atoms with E-state index in [1.54, 1.807) is 0 Å². The van der Waals surface area contributed by atoms with E-state index in [-0.39, 0.29) is 6.10 Å². The maximum atomic E-state index is 10.5. The third-order valence-electron chi connectivity index (χ3n) is 6.18. The first-order valence-corrected chi connectivity index (χ1v) is 12.9. The second kappa shape index (κ2) is 22.3. The van der Waals surface area contributed by atoms with Gasteiger partial charge in [-0.15, -0.1) is 0 Å². The van der Waals surface area contributed by atoms with Crippen molar-refractivity contribution in [2.24, 2.45) is 5.92 Å². The summed E-state index contributed by atoms with van der Waals surface area (Å²) in [6.45, 7) is 6.86. The minimum Gasteiger partial charge on any atom is -0.393 e. The second-order valence-electron chi connectivity index (χ2n) is 9.07. The van der Waals surface area contributed by atoms with Gasteiger partial charge in [0.25, 0.3) is 0 Å². The van der Waals surface area contributed by atoms with E-state index < -0.39 is 0 Å². The van der Waals surface area contributed by atoms with Crippen molar-refractivity contribution in [2.75, 3.05) is 0 Å². The van der Waals surface area contributed by atoms with Crippen LogP contribution in [0, 0.1) is 5.92 Å². The number of rotatable bonds is 22. The molecule has 1 N–H and O–H groups in total. The summed E-state index contributed by atoms with van der Waals surface area (Å²) in [6.07, 6.45) is 28.0. The average molecular weight is 383 g/mol. The number of aliphatic hydroxyl groups is 1. The van der Waals surface area contributed by atoms with Crippen molar-refractivity contribution in [3.05, 3.63) is 0 Å². The number of hydrogen-bond acceptors (Lipinski definition) is 1. The van der Waals surface area contributed by atoms with Crippen molar-refractivity contribution in [1.29, 1.82) is 0 Å². The molecule has 0 heterocycles. The summed E-state index contributed by atoms with van der Waals surface area (Å²) in [5.74, 6) is 0.771. The number of aliphatic hydroxyl groups excluding tert-OH is 1. The summed E-state index contributed by atoms with van der Waals surface area (Å²) in [4.78, 5) is 0. The van der Waals surface area contributed by atoms with Crippen LogP contribution in [0.5, 0.6) is 0 Å². The van der Waals surface area contributed by atoms with E-state index in [0.717, 1.165) is 18.8 Å². The summed E-state index contributed by atoms with van der Waals surface area (Å²) >= 11 is 0. The minimum absolute atomic E-state index is 0.0445. The Balaban J connectivity index is 3.89. The molecular formula is C26H54O. The lowest BCUT2D eigenvalue weighted by molar-refractivity contribution is 0.123. The molecule has 1 nitrogen and oxygen atoms in total. The number of unbranched alkanes of at least 4 members (excludes halogenated alkanes) is 14. The van der Waals surface area contributed by atoms with Crippen LogP contribution >= 0.6 is 0 Å². The van der Waals surface area contributed by atoms with Crippen molar-refractivity contribution in [2.45, 2.75) is 162 Å². The highest BCUT2D eigenvalue weighted by Crippen LogP contribution is 2.25. The molecule has 27 heavy (non-hydrogen) atoms. The number of hydrogen-bond donors (Lipinski definition) is 1. The Morgan fingerprint density at radius 3 is 1.22 bits per heavy atom. The first kappa shape index (κ1) is 27.0. The third-order valence-corrected chi connectivity index (χ3v) is 6.18. The lowest BCUT2D eigenvalue weighted by Crippen LogP contribution is -2.14. The lowest BCUT2D eigenvalue weighted by Gasteiger charge is -2.20. The largest absolute Gasteiger partial charge is 0.393 e. The fourth-order valence-electron chi connectivity index (χ4n) is 4.29. The molecule has 0 rings (SSSR count). The molecule has 0 aromatic heterocycles. The molecule has 0 aliphatic carbocycles. The molecule has 0 radical (unpaired) electrons. The predicted molar refractivity (Wildman–Crippen MR) is 123 cm³/mol. The fraction of sp³-hybridized carbons (Fsp3) is 1.00. The van der Waals surface area contributed by atoms with Gasteiger partial charge in [0.05, 0.1) is 6.10 Å². The monoisotopic (exact) mass is 382 g/mol. The van der Waals surface area contributed by atoms with E-state index in [2.05, 4.69) is 20.8 Å². The van der Waals surface area contributed by atoms with Gasteiger partial charge in [-0.2, -0.15) is 0 Å². The molecule has 2 unspecified atom stereocenters. The first-order valence-electron chi connectivity index (χ1n) is 12.9. The van der Waals surface area contributed by atoms with Gasteiger partial charge < -0.3 is 5.11 Å². The molecule has 0 fully saturated rings. The summed E-state index contributed by atoms with van der Waals surface area (Å²) in [7, 11) is 0. The van der Waals surface area contributed by atoms with Crippen molar-refractivity contribution >= 4 is 0 Å². The quantitative estimate of drug-likeness (QED) is 0.185. The van der Waals surface area contributed by atoms with Gasteiger partial charge >= 0.3 is 0 Å². The van der Waals surface area contributed by atoms with Crippen LogP contribution in [-0.2, 0) is 0 Å². The molecule has 0 aliphatic rings. The summed E-state index contributed by atoms with van der Waals surface area (Å²) in [5.41, 5.74) is 0. The van der Waals surface area contributed by atoms with E-state index in [0.29, 0.717) is 0 Å². The maximum absolute atomic E-state index is 10.5. The van der Waals surface area contributed by atoms with Gasteiger partial charge in [-0.1, -0.05) is 143 Å².